The molecule has 3 aromatic rings. The van der Waals surface area contributed by atoms with E-state index in [0.717, 1.165) is 35.3 Å². The third-order valence-corrected chi connectivity index (χ3v) is 7.12. The molecule has 0 bridgehead atoms. The molecule has 2 aromatic carbocycles. The fourth-order valence-electron chi connectivity index (χ4n) is 3.97. The van der Waals surface area contributed by atoms with Crippen LogP contribution in [0.5, 0.6) is 5.75 Å². The fraction of sp³-hybridized carbons (Fsp3) is 0.280. The van der Waals surface area contributed by atoms with Gasteiger partial charge in [-0.3, -0.25) is 9.59 Å². The van der Waals surface area contributed by atoms with Crippen molar-refractivity contribution in [2.45, 2.75) is 32.2 Å². The van der Waals surface area contributed by atoms with E-state index in [9.17, 15) is 9.59 Å². The van der Waals surface area contributed by atoms with E-state index in [1.807, 2.05) is 37.3 Å². The quantitative estimate of drug-likeness (QED) is 0.398. The fourth-order valence-corrected chi connectivity index (χ4v) is 5.45. The predicted octanol–water partition coefficient (Wildman–Crippen LogP) is 5.44. The molecule has 0 radical (unpaired) electrons. The molecule has 33 heavy (non-hydrogen) atoms. The van der Waals surface area contributed by atoms with Gasteiger partial charge in [-0.05, 0) is 55.5 Å². The average Bonchev–Trinajstić information content (AvgIpc) is 3.39. The number of fused-ring (bicyclic) bond motifs is 1. The monoisotopic (exact) mass is 483 g/mol. The number of benzene rings is 2. The maximum atomic E-state index is 13.3. The van der Waals surface area contributed by atoms with Gasteiger partial charge in [-0.2, -0.15) is 0 Å². The van der Waals surface area contributed by atoms with Crippen LogP contribution in [-0.4, -0.2) is 25.5 Å². The molecule has 0 aliphatic heterocycles. The summed E-state index contributed by atoms with van der Waals surface area (Å²) in [6.45, 7) is 2.15. The van der Waals surface area contributed by atoms with E-state index in [4.69, 9.17) is 16.3 Å². The van der Waals surface area contributed by atoms with E-state index in [2.05, 4.69) is 16.0 Å². The highest BCUT2D eigenvalue weighted by Gasteiger charge is 2.28. The van der Waals surface area contributed by atoms with Crippen LogP contribution in [0.3, 0.4) is 0 Å². The van der Waals surface area contributed by atoms with Crippen LogP contribution in [0.25, 0.3) is 0 Å². The summed E-state index contributed by atoms with van der Waals surface area (Å²) in [4.78, 5) is 27.2. The molecular formula is C25H26ClN3O3S. The van der Waals surface area contributed by atoms with Gasteiger partial charge >= 0.3 is 0 Å². The molecular weight excluding hydrogens is 458 g/mol. The molecule has 0 spiro atoms. The molecule has 1 atom stereocenters. The summed E-state index contributed by atoms with van der Waals surface area (Å²) in [5, 5.41) is 10.2. The van der Waals surface area contributed by atoms with Crippen molar-refractivity contribution >= 4 is 45.4 Å². The summed E-state index contributed by atoms with van der Waals surface area (Å²) in [6, 6.07) is 15.0. The second-order valence-corrected chi connectivity index (χ2v) is 9.46. The number of thiophene rings is 1. The van der Waals surface area contributed by atoms with Gasteiger partial charge in [0.1, 0.15) is 10.8 Å². The lowest BCUT2D eigenvalue weighted by Crippen LogP contribution is -2.30. The minimum atomic E-state index is -0.282. The summed E-state index contributed by atoms with van der Waals surface area (Å²) >= 11 is 7.59. The first-order valence-corrected chi connectivity index (χ1v) is 12.0. The lowest BCUT2D eigenvalue weighted by atomic mass is 10.1. The highest BCUT2D eigenvalue weighted by Crippen LogP contribution is 2.40. The average molecular weight is 484 g/mol. The molecule has 0 fully saturated rings. The Hall–Kier alpha value is -2.87. The molecule has 1 aromatic heterocycles. The first-order chi connectivity index (χ1) is 16.0. The highest BCUT2D eigenvalue weighted by atomic mass is 35.5. The Morgan fingerprint density at radius 2 is 1.91 bits per heavy atom. The maximum Gasteiger partial charge on any atom is 0.259 e. The highest BCUT2D eigenvalue weighted by molar-refractivity contribution is 7.17. The van der Waals surface area contributed by atoms with Crippen molar-refractivity contribution in [2.75, 3.05) is 24.3 Å². The van der Waals surface area contributed by atoms with Crippen molar-refractivity contribution in [3.63, 3.8) is 0 Å². The predicted molar refractivity (Wildman–Crippen MR) is 134 cm³/mol. The van der Waals surface area contributed by atoms with Gasteiger partial charge in [0.15, 0.2) is 0 Å². The molecule has 4 rings (SSSR count). The number of hydrogen-bond acceptors (Lipinski definition) is 5. The Bertz CT molecular complexity index is 1160. The summed E-state index contributed by atoms with van der Waals surface area (Å²) in [5.41, 5.74) is 3.14. The number of nitrogens with one attached hydrogen (secondary N) is 3. The zero-order valence-corrected chi connectivity index (χ0v) is 20.1. The smallest absolute Gasteiger partial charge is 0.259 e. The van der Waals surface area contributed by atoms with Gasteiger partial charge in [0.2, 0.25) is 5.91 Å². The summed E-state index contributed by atoms with van der Waals surface area (Å²) in [5.74, 6) is 0.0484. The van der Waals surface area contributed by atoms with Crippen molar-refractivity contribution in [1.29, 1.82) is 0 Å². The van der Waals surface area contributed by atoms with E-state index in [0.29, 0.717) is 27.0 Å². The number of carbonyl (C=O) groups excluding carboxylic acids is 2. The van der Waals surface area contributed by atoms with Crippen LogP contribution in [0.1, 0.15) is 45.7 Å². The lowest BCUT2D eigenvalue weighted by molar-refractivity contribution is -0.115. The molecule has 8 heteroatoms. The summed E-state index contributed by atoms with van der Waals surface area (Å²) in [7, 11) is 1.54. The molecule has 2 amide bonds. The van der Waals surface area contributed by atoms with E-state index in [1.54, 1.807) is 18.2 Å². The Balaban J connectivity index is 1.49. The number of methoxy groups -OCH3 is 1. The number of halogens is 1. The number of hydrogen-bond donors (Lipinski definition) is 3. The van der Waals surface area contributed by atoms with Crippen LogP contribution >= 0.6 is 22.9 Å². The summed E-state index contributed by atoms with van der Waals surface area (Å²) < 4.78 is 5.35. The molecule has 0 saturated heterocycles. The van der Waals surface area contributed by atoms with Crippen molar-refractivity contribution in [1.82, 2.24) is 5.32 Å². The Morgan fingerprint density at radius 3 is 2.67 bits per heavy atom. The van der Waals surface area contributed by atoms with Gasteiger partial charge in [0, 0.05) is 15.9 Å². The van der Waals surface area contributed by atoms with E-state index < -0.39 is 0 Å². The van der Waals surface area contributed by atoms with E-state index in [1.165, 1.54) is 18.4 Å². The van der Waals surface area contributed by atoms with Crippen molar-refractivity contribution in [3.8, 4) is 5.75 Å². The van der Waals surface area contributed by atoms with Gasteiger partial charge in [0.25, 0.3) is 5.91 Å². The normalized spacial score (nSPS) is 13.3. The first kappa shape index (κ1) is 23.3. The van der Waals surface area contributed by atoms with Gasteiger partial charge in [-0.15, -0.1) is 11.3 Å². The maximum absolute atomic E-state index is 13.3. The van der Waals surface area contributed by atoms with Crippen molar-refractivity contribution in [2.24, 2.45) is 0 Å². The molecule has 0 saturated carbocycles. The van der Waals surface area contributed by atoms with Crippen LogP contribution < -0.4 is 20.7 Å². The molecule has 3 N–H and O–H groups in total. The number of ether oxygens (including phenoxy) is 1. The molecule has 6 nitrogen and oxygen atoms in total. The number of rotatable bonds is 8. The SMILES string of the molecule is COc1ccc(Cl)cc1NC(=O)c1c(NC(=O)CN[C@H](C)c2ccccc2)sc2c1CCC2. The molecule has 1 aliphatic carbocycles. The molecule has 0 unspecified atom stereocenters. The van der Waals surface area contributed by atoms with Crippen molar-refractivity contribution < 1.29 is 14.3 Å². The van der Waals surface area contributed by atoms with E-state index >= 15 is 0 Å². The van der Waals surface area contributed by atoms with Gasteiger partial charge in [-0.1, -0.05) is 41.9 Å². The number of aryl methyl sites for hydroxylation is 1. The molecule has 1 aliphatic rings. The second kappa shape index (κ2) is 10.4. The second-order valence-electron chi connectivity index (χ2n) is 7.92. The minimum Gasteiger partial charge on any atom is -0.495 e. The zero-order valence-electron chi connectivity index (χ0n) is 18.5. The summed E-state index contributed by atoms with van der Waals surface area (Å²) in [6.07, 6.45) is 2.74. The standard InChI is InChI=1S/C25H26ClN3O3S/c1-15(16-7-4-3-5-8-16)27-14-22(30)29-25-23(18-9-6-10-21(18)33-25)24(31)28-19-13-17(26)11-12-20(19)32-2/h3-5,7-8,11-13,15,27H,6,9-10,14H2,1-2H3,(H,28,31)(H,29,30)/t15-/m1/s1. The topological polar surface area (TPSA) is 79.5 Å². The van der Waals surface area contributed by atoms with Gasteiger partial charge in [-0.25, -0.2) is 0 Å². The van der Waals surface area contributed by atoms with Crippen LogP contribution in [0.2, 0.25) is 5.02 Å². The first-order valence-electron chi connectivity index (χ1n) is 10.8. The zero-order chi connectivity index (χ0) is 23.4. The van der Waals surface area contributed by atoms with Crippen LogP contribution in [0, 0.1) is 0 Å². The third kappa shape index (κ3) is 5.38. The van der Waals surface area contributed by atoms with Gasteiger partial charge < -0.3 is 20.7 Å². The minimum absolute atomic E-state index is 0.0309. The van der Waals surface area contributed by atoms with Crippen LogP contribution in [-0.2, 0) is 17.6 Å². The lowest BCUT2D eigenvalue weighted by Gasteiger charge is -2.15. The molecule has 1 heterocycles. The Kier molecular flexibility index (Phi) is 7.33. The largest absolute Gasteiger partial charge is 0.495 e. The van der Waals surface area contributed by atoms with Gasteiger partial charge in [0.05, 0.1) is 24.9 Å². The number of amides is 2. The third-order valence-electron chi connectivity index (χ3n) is 5.68. The Labute approximate surface area is 202 Å². The number of carbonyl (C=O) groups is 2. The van der Waals surface area contributed by atoms with Crippen LogP contribution in [0.15, 0.2) is 48.5 Å². The molecule has 172 valence electrons. The van der Waals surface area contributed by atoms with Crippen LogP contribution in [0.4, 0.5) is 10.7 Å². The number of anilines is 2. The Morgan fingerprint density at radius 1 is 1.12 bits per heavy atom. The van der Waals surface area contributed by atoms with Crippen molar-refractivity contribution in [3.05, 3.63) is 75.1 Å². The van der Waals surface area contributed by atoms with E-state index in [-0.39, 0.29) is 24.4 Å².